The Morgan fingerprint density at radius 1 is 0.255 bits per heavy atom. The van der Waals surface area contributed by atoms with E-state index < -0.39 is 0 Å². The maximum atomic E-state index is 6.14. The van der Waals surface area contributed by atoms with Crippen LogP contribution in [0.3, 0.4) is 0 Å². The summed E-state index contributed by atoms with van der Waals surface area (Å²) in [6, 6.07) is 69.4. The molecule has 55 heavy (non-hydrogen) atoms. The van der Waals surface area contributed by atoms with E-state index >= 15 is 0 Å². The Kier molecular flexibility index (Phi) is 8.12. The van der Waals surface area contributed by atoms with Crippen LogP contribution in [-0.2, 0) is 0 Å². The molecule has 4 heteroatoms. The second kappa shape index (κ2) is 13.8. The van der Waals surface area contributed by atoms with Gasteiger partial charge in [-0.05, 0) is 62.7 Å². The summed E-state index contributed by atoms with van der Waals surface area (Å²) in [4.78, 5) is 15.0. The Labute approximate surface area is 319 Å². The number of benzene rings is 8. The lowest BCUT2D eigenvalue weighted by atomic mass is 9.97. The van der Waals surface area contributed by atoms with E-state index in [0.29, 0.717) is 17.5 Å². The Morgan fingerprint density at radius 2 is 0.655 bits per heavy atom. The lowest BCUT2D eigenvalue weighted by molar-refractivity contribution is 0.669. The van der Waals surface area contributed by atoms with Gasteiger partial charge in [0, 0.05) is 27.5 Å². The molecule has 10 rings (SSSR count). The second-order valence-electron chi connectivity index (χ2n) is 13.6. The van der Waals surface area contributed by atoms with Crippen molar-refractivity contribution < 1.29 is 4.42 Å². The Morgan fingerprint density at radius 3 is 1.25 bits per heavy atom. The predicted octanol–water partition coefficient (Wildman–Crippen LogP) is 13.4. The van der Waals surface area contributed by atoms with Crippen molar-refractivity contribution in [3.05, 3.63) is 200 Å². The van der Waals surface area contributed by atoms with Crippen LogP contribution in [0.25, 0.3) is 101 Å². The Bertz CT molecular complexity index is 2930. The highest BCUT2D eigenvalue weighted by molar-refractivity contribution is 6.05. The summed E-state index contributed by atoms with van der Waals surface area (Å²) >= 11 is 0. The van der Waals surface area contributed by atoms with Crippen LogP contribution >= 0.6 is 0 Å². The van der Waals surface area contributed by atoms with Gasteiger partial charge >= 0.3 is 0 Å². The maximum Gasteiger partial charge on any atom is 0.164 e. The van der Waals surface area contributed by atoms with Crippen LogP contribution in [0.5, 0.6) is 0 Å². The SMILES string of the molecule is c1ccc(-c2nc(-c3ccc(-c4ccc(-c5ccc(-c6ccc7c(c6)oc6ccccc67)cc5)cc4)cc3)nc(-c3ccccc3-c3ccccc3)n2)cc1. The smallest absolute Gasteiger partial charge is 0.164 e. The monoisotopic (exact) mass is 703 g/mol. The minimum atomic E-state index is 0.634. The maximum absolute atomic E-state index is 6.14. The highest BCUT2D eigenvalue weighted by Crippen LogP contribution is 2.35. The summed E-state index contributed by atoms with van der Waals surface area (Å²) in [7, 11) is 0. The third-order valence-corrected chi connectivity index (χ3v) is 10.2. The molecule has 0 radical (unpaired) electrons. The number of hydrogen-bond donors (Lipinski definition) is 0. The van der Waals surface area contributed by atoms with Gasteiger partial charge in [-0.15, -0.1) is 0 Å². The van der Waals surface area contributed by atoms with Crippen LogP contribution in [0.15, 0.2) is 205 Å². The zero-order chi connectivity index (χ0) is 36.6. The normalized spacial score (nSPS) is 11.3. The van der Waals surface area contributed by atoms with Gasteiger partial charge in [0.15, 0.2) is 17.5 Å². The van der Waals surface area contributed by atoms with Gasteiger partial charge in [-0.25, -0.2) is 15.0 Å². The van der Waals surface area contributed by atoms with Crippen LogP contribution in [-0.4, -0.2) is 15.0 Å². The summed E-state index contributed by atoms with van der Waals surface area (Å²) in [5.41, 5.74) is 13.8. The Hall–Kier alpha value is -7.43. The van der Waals surface area contributed by atoms with Crippen LogP contribution in [0.4, 0.5) is 0 Å². The van der Waals surface area contributed by atoms with Crippen LogP contribution in [0.1, 0.15) is 0 Å². The number of hydrogen-bond acceptors (Lipinski definition) is 4. The van der Waals surface area contributed by atoms with Crippen LogP contribution in [0, 0.1) is 0 Å². The molecule has 0 fully saturated rings. The topological polar surface area (TPSA) is 51.8 Å². The zero-order valence-electron chi connectivity index (χ0n) is 29.8. The summed E-state index contributed by atoms with van der Waals surface area (Å²) in [6.45, 7) is 0. The number of fused-ring (bicyclic) bond motifs is 3. The average Bonchev–Trinajstić information content (AvgIpc) is 3.65. The van der Waals surface area contributed by atoms with E-state index in [1.807, 2.05) is 54.6 Å². The third kappa shape index (κ3) is 6.26. The number of aromatic nitrogens is 3. The number of rotatable bonds is 7. The molecule has 0 unspecified atom stereocenters. The molecule has 258 valence electrons. The van der Waals surface area contributed by atoms with E-state index in [-0.39, 0.29) is 0 Å². The molecule has 0 aliphatic rings. The van der Waals surface area contributed by atoms with E-state index in [9.17, 15) is 0 Å². The molecular formula is C51H33N3O. The van der Waals surface area contributed by atoms with E-state index in [1.165, 1.54) is 11.1 Å². The molecule has 0 atom stereocenters. The highest BCUT2D eigenvalue weighted by atomic mass is 16.3. The first-order chi connectivity index (χ1) is 27.2. The largest absolute Gasteiger partial charge is 0.456 e. The molecule has 0 saturated carbocycles. The summed E-state index contributed by atoms with van der Waals surface area (Å²) in [6.07, 6.45) is 0. The fourth-order valence-corrected chi connectivity index (χ4v) is 7.32. The van der Waals surface area contributed by atoms with Crippen molar-refractivity contribution >= 4 is 21.9 Å². The summed E-state index contributed by atoms with van der Waals surface area (Å²) in [5, 5.41) is 2.29. The predicted molar refractivity (Wildman–Crippen MR) is 225 cm³/mol. The van der Waals surface area contributed by atoms with E-state index in [4.69, 9.17) is 19.4 Å². The molecule has 10 aromatic rings. The minimum Gasteiger partial charge on any atom is -0.456 e. The van der Waals surface area contributed by atoms with Crippen molar-refractivity contribution in [3.8, 4) is 78.7 Å². The van der Waals surface area contributed by atoms with Crippen molar-refractivity contribution in [1.82, 2.24) is 15.0 Å². The van der Waals surface area contributed by atoms with Gasteiger partial charge in [-0.1, -0.05) is 182 Å². The first-order valence-corrected chi connectivity index (χ1v) is 18.4. The fraction of sp³-hybridized carbons (Fsp3) is 0. The van der Waals surface area contributed by atoms with E-state index in [1.54, 1.807) is 0 Å². The van der Waals surface area contributed by atoms with Gasteiger partial charge in [0.25, 0.3) is 0 Å². The third-order valence-electron chi connectivity index (χ3n) is 10.2. The average molecular weight is 704 g/mol. The molecule has 0 aliphatic carbocycles. The summed E-state index contributed by atoms with van der Waals surface area (Å²) < 4.78 is 6.14. The van der Waals surface area contributed by atoms with Gasteiger partial charge in [0.2, 0.25) is 0 Å². The number of para-hydroxylation sites is 1. The van der Waals surface area contributed by atoms with Crippen LogP contribution in [0.2, 0.25) is 0 Å². The van der Waals surface area contributed by atoms with Crippen molar-refractivity contribution in [2.75, 3.05) is 0 Å². The van der Waals surface area contributed by atoms with E-state index in [2.05, 4.69) is 146 Å². The first kappa shape index (κ1) is 32.2. The lowest BCUT2D eigenvalue weighted by Crippen LogP contribution is -2.01. The van der Waals surface area contributed by atoms with E-state index in [0.717, 1.165) is 72.0 Å². The fourth-order valence-electron chi connectivity index (χ4n) is 7.32. The molecule has 0 amide bonds. The van der Waals surface area contributed by atoms with Gasteiger partial charge in [0.05, 0.1) is 0 Å². The van der Waals surface area contributed by atoms with Gasteiger partial charge in [-0.3, -0.25) is 0 Å². The van der Waals surface area contributed by atoms with Gasteiger partial charge in [-0.2, -0.15) is 0 Å². The van der Waals surface area contributed by atoms with Crippen molar-refractivity contribution in [2.45, 2.75) is 0 Å². The molecule has 4 nitrogen and oxygen atoms in total. The second-order valence-corrected chi connectivity index (χ2v) is 13.6. The van der Waals surface area contributed by atoms with Crippen molar-refractivity contribution in [2.24, 2.45) is 0 Å². The molecule has 2 aromatic heterocycles. The number of nitrogens with zero attached hydrogens (tertiary/aromatic N) is 3. The molecule has 8 aromatic carbocycles. The summed E-state index contributed by atoms with van der Waals surface area (Å²) in [5.74, 6) is 1.92. The molecule has 0 bridgehead atoms. The van der Waals surface area contributed by atoms with Crippen molar-refractivity contribution in [1.29, 1.82) is 0 Å². The minimum absolute atomic E-state index is 0.634. The Balaban J connectivity index is 0.920. The van der Waals surface area contributed by atoms with Crippen molar-refractivity contribution in [3.63, 3.8) is 0 Å². The molecule has 2 heterocycles. The van der Waals surface area contributed by atoms with Crippen LogP contribution < -0.4 is 0 Å². The highest BCUT2D eigenvalue weighted by Gasteiger charge is 2.16. The molecule has 0 aliphatic heterocycles. The lowest BCUT2D eigenvalue weighted by Gasteiger charge is -2.12. The molecule has 0 N–H and O–H groups in total. The van der Waals surface area contributed by atoms with Gasteiger partial charge < -0.3 is 4.42 Å². The molecular weight excluding hydrogens is 671 g/mol. The quantitative estimate of drug-likeness (QED) is 0.166. The molecule has 0 saturated heterocycles. The number of furan rings is 1. The molecule has 0 spiro atoms. The first-order valence-electron chi connectivity index (χ1n) is 18.4. The van der Waals surface area contributed by atoms with Gasteiger partial charge in [0.1, 0.15) is 11.2 Å². The standard InChI is InChI=1S/C51H33N3O/c1-3-11-39(12-4-1)43-15-7-8-17-46(43)51-53-49(40-13-5-2-6-14-40)52-50(54-51)41-29-27-37(28-30-41)35-21-19-34(20-22-35)36-23-25-38(26-24-36)42-31-32-45-44-16-9-10-18-47(44)55-48(45)33-42/h1-33H. The zero-order valence-corrected chi connectivity index (χ0v) is 29.8.